The lowest BCUT2D eigenvalue weighted by atomic mass is 9.92. The number of aliphatic hydroxyl groups excluding tert-OH is 1. The average molecular weight is 269 g/mol. The van der Waals surface area contributed by atoms with Crippen LogP contribution in [-0.2, 0) is 0 Å². The quantitative estimate of drug-likeness (QED) is 0.718. The Hall–Kier alpha value is -1.26. The molecule has 0 radical (unpaired) electrons. The van der Waals surface area contributed by atoms with E-state index in [2.05, 4.69) is 5.32 Å². The molecule has 0 saturated heterocycles. The van der Waals surface area contributed by atoms with E-state index in [1.807, 2.05) is 0 Å². The zero-order valence-electron chi connectivity index (χ0n) is 10.0. The van der Waals surface area contributed by atoms with Crippen LogP contribution >= 0.6 is 11.6 Å². The molecular formula is C13H17ClN2O2. The summed E-state index contributed by atoms with van der Waals surface area (Å²) in [5.74, 6) is -0.241. The largest absolute Gasteiger partial charge is 0.399 e. The number of nitrogen functional groups attached to an aromatic ring is 1. The van der Waals surface area contributed by atoms with Crippen molar-refractivity contribution in [1.82, 2.24) is 5.32 Å². The van der Waals surface area contributed by atoms with Gasteiger partial charge in [-0.15, -0.1) is 0 Å². The van der Waals surface area contributed by atoms with E-state index in [0.29, 0.717) is 16.3 Å². The van der Waals surface area contributed by atoms with Crippen molar-refractivity contribution in [1.29, 1.82) is 0 Å². The van der Waals surface area contributed by atoms with E-state index < -0.39 is 6.10 Å². The summed E-state index contributed by atoms with van der Waals surface area (Å²) in [6.07, 6.45) is 3.13. The van der Waals surface area contributed by atoms with E-state index in [1.54, 1.807) is 18.2 Å². The highest BCUT2D eigenvalue weighted by Gasteiger charge is 2.24. The van der Waals surface area contributed by atoms with Crippen molar-refractivity contribution in [2.24, 2.45) is 0 Å². The number of amides is 1. The van der Waals surface area contributed by atoms with Gasteiger partial charge in [-0.25, -0.2) is 0 Å². The average Bonchev–Trinajstić information content (AvgIpc) is 2.31. The number of nitrogens with one attached hydrogen (secondary N) is 1. The van der Waals surface area contributed by atoms with Crippen molar-refractivity contribution < 1.29 is 9.90 Å². The van der Waals surface area contributed by atoms with Crippen molar-refractivity contribution >= 4 is 23.2 Å². The van der Waals surface area contributed by atoms with Crippen LogP contribution in [0.5, 0.6) is 0 Å². The summed E-state index contributed by atoms with van der Waals surface area (Å²) in [7, 11) is 0. The number of carbonyl (C=O) groups excluding carboxylic acids is 1. The molecule has 2 rings (SSSR count). The monoisotopic (exact) mass is 268 g/mol. The molecule has 5 heteroatoms. The van der Waals surface area contributed by atoms with Crippen molar-refractivity contribution in [3.05, 3.63) is 28.8 Å². The van der Waals surface area contributed by atoms with Gasteiger partial charge in [-0.2, -0.15) is 0 Å². The number of hydrogen-bond donors (Lipinski definition) is 3. The van der Waals surface area contributed by atoms with Gasteiger partial charge in [0.2, 0.25) is 0 Å². The van der Waals surface area contributed by atoms with Gasteiger partial charge >= 0.3 is 0 Å². The maximum Gasteiger partial charge on any atom is 0.251 e. The standard InChI is InChI=1S/C13H17ClN2O2/c14-9-5-8(6-10(15)7-9)13(18)16-11-3-1-2-4-12(11)17/h5-7,11-12,17H,1-4,15H2,(H,16,18). The number of halogens is 1. The fourth-order valence-corrected chi connectivity index (χ4v) is 2.52. The van der Waals surface area contributed by atoms with Gasteiger partial charge in [-0.1, -0.05) is 24.4 Å². The molecule has 1 aliphatic carbocycles. The van der Waals surface area contributed by atoms with Crippen molar-refractivity contribution in [2.75, 3.05) is 5.73 Å². The molecule has 1 aliphatic rings. The van der Waals surface area contributed by atoms with Crippen LogP contribution in [0.1, 0.15) is 36.0 Å². The Balaban J connectivity index is 2.06. The lowest BCUT2D eigenvalue weighted by Gasteiger charge is -2.28. The van der Waals surface area contributed by atoms with Gasteiger partial charge in [0, 0.05) is 16.3 Å². The second-order valence-corrected chi connectivity index (χ2v) is 5.14. The Morgan fingerprint density at radius 1 is 1.33 bits per heavy atom. The first-order chi connectivity index (χ1) is 8.56. The lowest BCUT2D eigenvalue weighted by Crippen LogP contribution is -2.45. The number of rotatable bonds is 2. The van der Waals surface area contributed by atoms with Crippen LogP contribution in [0.15, 0.2) is 18.2 Å². The minimum Gasteiger partial charge on any atom is -0.399 e. The van der Waals surface area contributed by atoms with Crippen LogP contribution in [0.4, 0.5) is 5.69 Å². The van der Waals surface area contributed by atoms with Gasteiger partial charge in [-0.3, -0.25) is 4.79 Å². The molecule has 2 unspecified atom stereocenters. The summed E-state index contributed by atoms with van der Waals surface area (Å²) in [6.45, 7) is 0. The van der Waals surface area contributed by atoms with Gasteiger partial charge in [0.25, 0.3) is 5.91 Å². The van der Waals surface area contributed by atoms with Crippen molar-refractivity contribution in [3.63, 3.8) is 0 Å². The molecule has 1 amide bonds. The molecule has 1 fully saturated rings. The van der Waals surface area contributed by atoms with E-state index in [9.17, 15) is 9.90 Å². The van der Waals surface area contributed by atoms with Crippen LogP contribution in [0.25, 0.3) is 0 Å². The molecule has 4 nitrogen and oxygen atoms in total. The van der Waals surface area contributed by atoms with Crippen LogP contribution in [0.3, 0.4) is 0 Å². The van der Waals surface area contributed by atoms with E-state index >= 15 is 0 Å². The SMILES string of the molecule is Nc1cc(Cl)cc(C(=O)NC2CCCCC2O)c1. The molecule has 4 N–H and O–H groups in total. The Bertz CT molecular complexity index is 430. The third kappa shape index (κ3) is 3.15. The molecular weight excluding hydrogens is 252 g/mol. The first-order valence-corrected chi connectivity index (χ1v) is 6.49. The number of anilines is 1. The van der Waals surface area contributed by atoms with E-state index in [0.717, 1.165) is 25.7 Å². The predicted molar refractivity (Wildman–Crippen MR) is 71.6 cm³/mol. The Labute approximate surface area is 111 Å². The molecule has 0 spiro atoms. The summed E-state index contributed by atoms with van der Waals surface area (Å²) in [6, 6.07) is 4.57. The van der Waals surface area contributed by atoms with Gasteiger partial charge in [0.15, 0.2) is 0 Å². The van der Waals surface area contributed by atoms with Gasteiger partial charge in [-0.05, 0) is 31.0 Å². The highest BCUT2D eigenvalue weighted by Crippen LogP contribution is 2.20. The highest BCUT2D eigenvalue weighted by molar-refractivity contribution is 6.31. The number of carbonyl (C=O) groups is 1. The maximum atomic E-state index is 12.0. The first kappa shape index (κ1) is 13.2. The molecule has 98 valence electrons. The number of benzene rings is 1. The van der Waals surface area contributed by atoms with Gasteiger partial charge in [0.1, 0.15) is 0 Å². The van der Waals surface area contributed by atoms with E-state index in [1.165, 1.54) is 0 Å². The van der Waals surface area contributed by atoms with Crippen LogP contribution in [-0.4, -0.2) is 23.2 Å². The molecule has 18 heavy (non-hydrogen) atoms. The molecule has 2 atom stereocenters. The van der Waals surface area contributed by atoms with Crippen molar-refractivity contribution in [3.8, 4) is 0 Å². The molecule has 1 saturated carbocycles. The summed E-state index contributed by atoms with van der Waals surface area (Å²) in [5.41, 5.74) is 6.53. The predicted octanol–water partition coefficient (Wildman–Crippen LogP) is 1.96. The lowest BCUT2D eigenvalue weighted by molar-refractivity contribution is 0.0717. The Kier molecular flexibility index (Phi) is 4.09. The van der Waals surface area contributed by atoms with Crippen LogP contribution in [0, 0.1) is 0 Å². The Morgan fingerprint density at radius 3 is 2.72 bits per heavy atom. The van der Waals surface area contributed by atoms with E-state index in [-0.39, 0.29) is 11.9 Å². The van der Waals surface area contributed by atoms with Gasteiger partial charge < -0.3 is 16.2 Å². The second-order valence-electron chi connectivity index (χ2n) is 4.70. The molecule has 1 aromatic carbocycles. The highest BCUT2D eigenvalue weighted by atomic mass is 35.5. The molecule has 0 bridgehead atoms. The Morgan fingerprint density at radius 2 is 2.06 bits per heavy atom. The summed E-state index contributed by atoms with van der Waals surface area (Å²) >= 11 is 5.86. The smallest absolute Gasteiger partial charge is 0.251 e. The zero-order valence-corrected chi connectivity index (χ0v) is 10.8. The van der Waals surface area contributed by atoms with E-state index in [4.69, 9.17) is 17.3 Å². The molecule has 0 heterocycles. The van der Waals surface area contributed by atoms with Crippen molar-refractivity contribution in [2.45, 2.75) is 37.8 Å². The topological polar surface area (TPSA) is 75.4 Å². The first-order valence-electron chi connectivity index (χ1n) is 6.11. The summed E-state index contributed by atoms with van der Waals surface area (Å²) in [5, 5.41) is 13.1. The summed E-state index contributed by atoms with van der Waals surface area (Å²) in [4.78, 5) is 12.0. The fourth-order valence-electron chi connectivity index (χ4n) is 2.27. The fraction of sp³-hybridized carbons (Fsp3) is 0.462. The van der Waals surface area contributed by atoms with Gasteiger partial charge in [0.05, 0.1) is 12.1 Å². The van der Waals surface area contributed by atoms with Crippen LogP contribution in [0.2, 0.25) is 5.02 Å². The maximum absolute atomic E-state index is 12.0. The summed E-state index contributed by atoms with van der Waals surface area (Å²) < 4.78 is 0. The van der Waals surface area contributed by atoms with Crippen LogP contribution < -0.4 is 11.1 Å². The number of hydrogen-bond acceptors (Lipinski definition) is 3. The zero-order chi connectivity index (χ0) is 13.1. The third-order valence-corrected chi connectivity index (χ3v) is 3.45. The normalized spacial score (nSPS) is 23.7. The third-order valence-electron chi connectivity index (χ3n) is 3.23. The minimum absolute atomic E-state index is 0.175. The molecule has 0 aromatic heterocycles. The molecule has 0 aliphatic heterocycles. The second kappa shape index (κ2) is 5.59. The molecule has 1 aromatic rings. The number of nitrogens with two attached hydrogens (primary N) is 1. The number of aliphatic hydroxyl groups is 1. The minimum atomic E-state index is -0.459.